The van der Waals surface area contributed by atoms with E-state index in [1.807, 2.05) is 0 Å². The molecule has 0 fully saturated rings. The van der Waals surface area contributed by atoms with Crippen LogP contribution in [0.5, 0.6) is 5.75 Å². The Balaban J connectivity index is 1.99. The van der Waals surface area contributed by atoms with Gasteiger partial charge < -0.3 is 19.3 Å². The lowest BCUT2D eigenvalue weighted by Gasteiger charge is -2.20. The summed E-state index contributed by atoms with van der Waals surface area (Å²) in [4.78, 5) is 24.1. The average molecular weight is 641 g/mol. The molecular formula is C41H52O6. The van der Waals surface area contributed by atoms with Crippen molar-refractivity contribution < 1.29 is 28.9 Å². The lowest BCUT2D eigenvalue weighted by Crippen LogP contribution is -2.11. The van der Waals surface area contributed by atoms with E-state index in [0.29, 0.717) is 49.2 Å². The number of ether oxygens (including phenoxy) is 3. The number of hydrogen-bond acceptors (Lipinski definition) is 6. The molecule has 0 spiro atoms. The Labute approximate surface area is 281 Å². The highest BCUT2D eigenvalue weighted by Gasteiger charge is 2.17. The molecule has 47 heavy (non-hydrogen) atoms. The first-order valence-corrected chi connectivity index (χ1v) is 17.0. The Morgan fingerprint density at radius 2 is 1.28 bits per heavy atom. The summed E-state index contributed by atoms with van der Waals surface area (Å²) in [6, 6.07) is 19.8. The van der Waals surface area contributed by atoms with Crippen LogP contribution < -0.4 is 4.74 Å². The Bertz CT molecular complexity index is 1500. The van der Waals surface area contributed by atoms with E-state index in [-0.39, 0.29) is 19.8 Å². The van der Waals surface area contributed by atoms with Gasteiger partial charge in [0.25, 0.3) is 0 Å². The van der Waals surface area contributed by atoms with E-state index in [2.05, 4.69) is 81.6 Å². The minimum Gasteiger partial charge on any atom is -0.493 e. The number of hydrogen-bond donors (Lipinski definition) is 1. The van der Waals surface area contributed by atoms with Crippen molar-refractivity contribution in [3.63, 3.8) is 0 Å². The second-order valence-corrected chi connectivity index (χ2v) is 12.1. The maximum Gasteiger partial charge on any atom is 0.333 e. The first-order valence-electron chi connectivity index (χ1n) is 17.0. The third-order valence-corrected chi connectivity index (χ3v) is 8.07. The van der Waals surface area contributed by atoms with Crippen LogP contribution >= 0.6 is 0 Å². The van der Waals surface area contributed by atoms with Gasteiger partial charge in [-0.05, 0) is 103 Å². The molecule has 0 aliphatic rings. The van der Waals surface area contributed by atoms with Crippen LogP contribution in [0.4, 0.5) is 0 Å². The van der Waals surface area contributed by atoms with Crippen molar-refractivity contribution >= 4 is 11.9 Å². The zero-order valence-corrected chi connectivity index (χ0v) is 28.8. The summed E-state index contributed by atoms with van der Waals surface area (Å²) in [5.41, 5.74) is 9.75. The maximum atomic E-state index is 12.1. The van der Waals surface area contributed by atoms with Gasteiger partial charge in [0.1, 0.15) is 5.75 Å². The normalized spacial score (nSPS) is 10.8. The van der Waals surface area contributed by atoms with Crippen LogP contribution in [0.1, 0.15) is 82.1 Å². The molecule has 0 unspecified atom stereocenters. The van der Waals surface area contributed by atoms with Gasteiger partial charge in [-0.25, -0.2) is 9.59 Å². The molecule has 0 aromatic heterocycles. The van der Waals surface area contributed by atoms with Crippen molar-refractivity contribution in [3.8, 4) is 28.0 Å². The minimum absolute atomic E-state index is 0.0175. The summed E-state index contributed by atoms with van der Waals surface area (Å²) in [5.74, 6) is -0.119. The van der Waals surface area contributed by atoms with Gasteiger partial charge in [0.2, 0.25) is 0 Å². The molecule has 0 saturated carbocycles. The van der Waals surface area contributed by atoms with Gasteiger partial charge in [0, 0.05) is 30.6 Å². The number of aryl methyl sites for hydroxylation is 3. The SMILES string of the molecule is C=C(C)C(=O)OCCCc1cc(-c2ccc(-c3ccc(CCCCC)cc3)cc2CC)cc(CCOC(=O)C(=C)C)c1OCCCO. The average Bonchev–Trinajstić information content (AvgIpc) is 3.07. The minimum atomic E-state index is -0.429. The number of unbranched alkanes of at least 4 members (excludes halogenated alkanes) is 2. The Morgan fingerprint density at radius 3 is 1.89 bits per heavy atom. The third kappa shape index (κ3) is 11.5. The summed E-state index contributed by atoms with van der Waals surface area (Å²) < 4.78 is 17.1. The quantitative estimate of drug-likeness (QED) is 0.0755. The molecule has 0 aliphatic heterocycles. The zero-order chi connectivity index (χ0) is 34.2. The van der Waals surface area contributed by atoms with Gasteiger partial charge in [0.15, 0.2) is 0 Å². The molecule has 1 N–H and O–H groups in total. The van der Waals surface area contributed by atoms with Gasteiger partial charge in [-0.2, -0.15) is 0 Å². The summed E-state index contributed by atoms with van der Waals surface area (Å²) in [6.07, 6.45) is 7.79. The third-order valence-electron chi connectivity index (χ3n) is 8.07. The van der Waals surface area contributed by atoms with Gasteiger partial charge in [-0.15, -0.1) is 0 Å². The molecule has 0 heterocycles. The fraction of sp³-hybridized carbons (Fsp3) is 0.415. The smallest absolute Gasteiger partial charge is 0.333 e. The Morgan fingerprint density at radius 1 is 0.660 bits per heavy atom. The summed E-state index contributed by atoms with van der Waals surface area (Å²) >= 11 is 0. The van der Waals surface area contributed by atoms with Crippen LogP contribution in [0.25, 0.3) is 22.3 Å². The molecule has 6 heteroatoms. The lowest BCUT2D eigenvalue weighted by molar-refractivity contribution is -0.139. The highest BCUT2D eigenvalue weighted by Crippen LogP contribution is 2.36. The van der Waals surface area contributed by atoms with Crippen LogP contribution in [-0.2, 0) is 44.7 Å². The van der Waals surface area contributed by atoms with Gasteiger partial charge in [-0.3, -0.25) is 0 Å². The van der Waals surface area contributed by atoms with E-state index in [1.165, 1.54) is 41.5 Å². The molecule has 0 saturated heterocycles. The highest BCUT2D eigenvalue weighted by atomic mass is 16.5. The molecule has 3 rings (SSSR count). The van der Waals surface area contributed by atoms with E-state index in [0.717, 1.165) is 35.1 Å². The molecule has 0 aliphatic carbocycles. The molecule has 3 aromatic rings. The van der Waals surface area contributed by atoms with Crippen LogP contribution in [0.15, 0.2) is 78.9 Å². The molecule has 0 bridgehead atoms. The number of aliphatic hydroxyl groups is 1. The summed E-state index contributed by atoms with van der Waals surface area (Å²) in [6.45, 7) is 15.8. The molecule has 0 atom stereocenters. The molecule has 6 nitrogen and oxygen atoms in total. The predicted octanol–water partition coefficient (Wildman–Crippen LogP) is 8.79. The fourth-order valence-corrected chi connectivity index (χ4v) is 5.42. The van der Waals surface area contributed by atoms with Crippen molar-refractivity contribution in [1.82, 2.24) is 0 Å². The van der Waals surface area contributed by atoms with E-state index in [1.54, 1.807) is 13.8 Å². The predicted molar refractivity (Wildman–Crippen MR) is 191 cm³/mol. The van der Waals surface area contributed by atoms with E-state index in [4.69, 9.17) is 14.2 Å². The van der Waals surface area contributed by atoms with Crippen molar-refractivity contribution in [2.45, 2.75) is 85.5 Å². The molecule has 3 aromatic carbocycles. The molecule has 252 valence electrons. The van der Waals surface area contributed by atoms with Crippen LogP contribution in [0, 0.1) is 0 Å². The number of aliphatic hydroxyl groups excluding tert-OH is 1. The number of esters is 2. The maximum absolute atomic E-state index is 12.1. The van der Waals surface area contributed by atoms with Gasteiger partial charge >= 0.3 is 11.9 Å². The van der Waals surface area contributed by atoms with Crippen molar-refractivity contribution in [1.29, 1.82) is 0 Å². The summed E-state index contributed by atoms with van der Waals surface area (Å²) in [7, 11) is 0. The van der Waals surface area contributed by atoms with E-state index in [9.17, 15) is 14.7 Å². The second-order valence-electron chi connectivity index (χ2n) is 12.1. The number of benzene rings is 3. The standard InChI is InChI=1S/C41H52O6/c1-7-9-10-13-31-15-17-33(18-16-31)34-19-20-38(32(8-2)26-34)37-27-35(14-11-23-46-40(43)29(3)4)39(45-24-12-22-42)36(28-37)21-25-47-41(44)30(5)6/h15-20,26-28,42H,3,5,7-14,21-25H2,1-2,4,6H3. The fourth-order valence-electron chi connectivity index (χ4n) is 5.42. The first-order chi connectivity index (χ1) is 22.7. The second kappa shape index (κ2) is 19.5. The van der Waals surface area contributed by atoms with Crippen LogP contribution in [-0.4, -0.2) is 43.5 Å². The number of carbonyl (C=O) groups excluding carboxylic acids is 2. The van der Waals surface area contributed by atoms with Crippen LogP contribution in [0.2, 0.25) is 0 Å². The van der Waals surface area contributed by atoms with Crippen molar-refractivity contribution in [2.75, 3.05) is 26.4 Å². The monoisotopic (exact) mass is 640 g/mol. The number of rotatable bonds is 20. The number of carbonyl (C=O) groups is 2. The lowest BCUT2D eigenvalue weighted by atomic mass is 9.90. The van der Waals surface area contributed by atoms with Gasteiger partial charge in [-0.1, -0.05) is 82.3 Å². The summed E-state index contributed by atoms with van der Waals surface area (Å²) in [5, 5.41) is 9.42. The van der Waals surface area contributed by atoms with E-state index < -0.39 is 11.9 Å². The van der Waals surface area contributed by atoms with Crippen molar-refractivity contribution in [2.24, 2.45) is 0 Å². The molecular weight excluding hydrogens is 588 g/mol. The molecule has 0 radical (unpaired) electrons. The molecule has 0 amide bonds. The van der Waals surface area contributed by atoms with Crippen molar-refractivity contribution in [3.05, 3.63) is 101 Å². The van der Waals surface area contributed by atoms with E-state index >= 15 is 0 Å². The van der Waals surface area contributed by atoms with Crippen LogP contribution in [0.3, 0.4) is 0 Å². The Hall–Kier alpha value is -4.16. The largest absolute Gasteiger partial charge is 0.493 e. The first kappa shape index (κ1) is 37.3. The topological polar surface area (TPSA) is 82.1 Å². The Kier molecular flexibility index (Phi) is 15.5. The highest BCUT2D eigenvalue weighted by molar-refractivity contribution is 5.87. The zero-order valence-electron chi connectivity index (χ0n) is 28.8. The van der Waals surface area contributed by atoms with Gasteiger partial charge in [0.05, 0.1) is 19.8 Å².